The maximum atomic E-state index is 12.4. The maximum absolute atomic E-state index is 12.4. The SMILES string of the molecule is CC(C)(C)OC(=O)N1CCC(CC(=O)Nc2ccccc2OCC(F)(F)F)CC1. The molecule has 0 saturated carbocycles. The molecule has 1 heterocycles. The summed E-state index contributed by atoms with van der Waals surface area (Å²) in [6.45, 7) is 4.98. The van der Waals surface area contributed by atoms with Crippen LogP contribution in [0.4, 0.5) is 23.7 Å². The van der Waals surface area contributed by atoms with Crippen LogP contribution in [0.1, 0.15) is 40.0 Å². The van der Waals surface area contributed by atoms with Gasteiger partial charge in [-0.25, -0.2) is 4.79 Å². The van der Waals surface area contributed by atoms with Gasteiger partial charge in [0, 0.05) is 19.5 Å². The molecule has 0 spiro atoms. The van der Waals surface area contributed by atoms with E-state index in [9.17, 15) is 22.8 Å². The summed E-state index contributed by atoms with van der Waals surface area (Å²) < 4.78 is 47.2. The molecule has 0 radical (unpaired) electrons. The lowest BCUT2D eigenvalue weighted by molar-refractivity contribution is -0.153. The first kappa shape index (κ1) is 22.8. The van der Waals surface area contributed by atoms with Crippen molar-refractivity contribution in [2.75, 3.05) is 25.0 Å². The molecule has 0 unspecified atom stereocenters. The maximum Gasteiger partial charge on any atom is 0.422 e. The van der Waals surface area contributed by atoms with Gasteiger partial charge in [0.2, 0.25) is 5.91 Å². The summed E-state index contributed by atoms with van der Waals surface area (Å²) in [4.78, 5) is 26.1. The number of halogens is 3. The number of benzene rings is 1. The van der Waals surface area contributed by atoms with Gasteiger partial charge in [0.25, 0.3) is 0 Å². The van der Waals surface area contributed by atoms with E-state index in [-0.39, 0.29) is 35.8 Å². The number of nitrogens with one attached hydrogen (secondary N) is 1. The minimum absolute atomic E-state index is 0.0297. The fourth-order valence-corrected chi connectivity index (χ4v) is 2.96. The summed E-state index contributed by atoms with van der Waals surface area (Å²) in [6.07, 6.45) is -3.30. The van der Waals surface area contributed by atoms with Gasteiger partial charge in [-0.15, -0.1) is 0 Å². The molecule has 1 aliphatic rings. The van der Waals surface area contributed by atoms with Crippen LogP contribution in [0.3, 0.4) is 0 Å². The highest BCUT2D eigenvalue weighted by atomic mass is 19.4. The Morgan fingerprint density at radius 2 is 1.76 bits per heavy atom. The van der Waals surface area contributed by atoms with Crippen LogP contribution >= 0.6 is 0 Å². The molecule has 1 aliphatic heterocycles. The van der Waals surface area contributed by atoms with Crippen molar-refractivity contribution >= 4 is 17.7 Å². The zero-order valence-corrected chi connectivity index (χ0v) is 16.8. The molecule has 0 bridgehead atoms. The van der Waals surface area contributed by atoms with Crippen LogP contribution in [0.2, 0.25) is 0 Å². The van der Waals surface area contributed by atoms with Crippen LogP contribution in [0.25, 0.3) is 0 Å². The first-order chi connectivity index (χ1) is 13.4. The Balaban J connectivity index is 1.83. The second kappa shape index (κ2) is 9.37. The largest absolute Gasteiger partial charge is 0.482 e. The number of ether oxygens (including phenoxy) is 2. The van der Waals surface area contributed by atoms with E-state index in [2.05, 4.69) is 5.32 Å². The van der Waals surface area contributed by atoms with Crippen LogP contribution in [-0.2, 0) is 9.53 Å². The minimum atomic E-state index is -4.46. The average Bonchev–Trinajstić information content (AvgIpc) is 2.59. The first-order valence-corrected chi connectivity index (χ1v) is 9.49. The monoisotopic (exact) mass is 416 g/mol. The second-order valence-corrected chi connectivity index (χ2v) is 8.06. The molecule has 9 heteroatoms. The van der Waals surface area contributed by atoms with E-state index in [0.717, 1.165) is 0 Å². The number of hydrogen-bond acceptors (Lipinski definition) is 4. The Morgan fingerprint density at radius 1 is 1.14 bits per heavy atom. The number of piperidine rings is 1. The van der Waals surface area contributed by atoms with Crippen LogP contribution < -0.4 is 10.1 Å². The summed E-state index contributed by atoms with van der Waals surface area (Å²) in [5, 5.41) is 2.62. The van der Waals surface area contributed by atoms with Crippen molar-refractivity contribution in [3.05, 3.63) is 24.3 Å². The Morgan fingerprint density at radius 3 is 2.34 bits per heavy atom. The number of carbonyl (C=O) groups is 2. The molecular formula is C20H27F3N2O4. The summed E-state index contributed by atoms with van der Waals surface area (Å²) in [5.74, 6) is -0.251. The molecule has 29 heavy (non-hydrogen) atoms. The smallest absolute Gasteiger partial charge is 0.422 e. The van der Waals surface area contributed by atoms with E-state index in [1.807, 2.05) is 0 Å². The normalized spacial score (nSPS) is 15.7. The third-order valence-electron chi connectivity index (χ3n) is 4.29. The molecule has 6 nitrogen and oxygen atoms in total. The lowest BCUT2D eigenvalue weighted by Crippen LogP contribution is -2.42. The molecule has 1 saturated heterocycles. The molecule has 0 atom stereocenters. The molecule has 2 rings (SSSR count). The number of likely N-dealkylation sites (tertiary alicyclic amines) is 1. The lowest BCUT2D eigenvalue weighted by Gasteiger charge is -2.33. The van der Waals surface area contributed by atoms with Gasteiger partial charge in [-0.05, 0) is 51.7 Å². The Labute approximate surface area is 168 Å². The predicted molar refractivity (Wildman–Crippen MR) is 102 cm³/mol. The highest BCUT2D eigenvalue weighted by molar-refractivity contribution is 5.92. The van der Waals surface area contributed by atoms with E-state index in [0.29, 0.717) is 25.9 Å². The number of para-hydroxylation sites is 2. The van der Waals surface area contributed by atoms with Gasteiger partial charge in [0.1, 0.15) is 11.4 Å². The molecule has 1 fully saturated rings. The van der Waals surface area contributed by atoms with E-state index in [1.165, 1.54) is 18.2 Å². The minimum Gasteiger partial charge on any atom is -0.482 e. The van der Waals surface area contributed by atoms with Crippen molar-refractivity contribution in [2.24, 2.45) is 5.92 Å². The molecule has 1 aromatic carbocycles. The van der Waals surface area contributed by atoms with E-state index < -0.39 is 18.4 Å². The van der Waals surface area contributed by atoms with Crippen molar-refractivity contribution in [3.63, 3.8) is 0 Å². The quantitative estimate of drug-likeness (QED) is 0.762. The van der Waals surface area contributed by atoms with Crippen molar-refractivity contribution in [1.82, 2.24) is 4.90 Å². The van der Waals surface area contributed by atoms with Gasteiger partial charge in [0.05, 0.1) is 5.69 Å². The van der Waals surface area contributed by atoms with Crippen LogP contribution in [0.5, 0.6) is 5.75 Å². The van der Waals surface area contributed by atoms with Crippen LogP contribution in [0.15, 0.2) is 24.3 Å². The standard InChI is InChI=1S/C20H27F3N2O4/c1-19(2,3)29-18(27)25-10-8-14(9-11-25)12-17(26)24-15-6-4-5-7-16(15)28-13-20(21,22)23/h4-7,14H,8-13H2,1-3H3,(H,24,26). The van der Waals surface area contributed by atoms with Crippen molar-refractivity contribution in [3.8, 4) is 5.75 Å². The number of rotatable bonds is 5. The first-order valence-electron chi connectivity index (χ1n) is 9.49. The van der Waals surface area contributed by atoms with Crippen LogP contribution in [-0.4, -0.2) is 48.4 Å². The zero-order chi connectivity index (χ0) is 21.7. The number of amides is 2. The van der Waals surface area contributed by atoms with Gasteiger partial charge in [-0.1, -0.05) is 12.1 Å². The number of alkyl halides is 3. The summed E-state index contributed by atoms with van der Waals surface area (Å²) in [6, 6.07) is 6.01. The van der Waals surface area contributed by atoms with Gasteiger partial charge in [0.15, 0.2) is 6.61 Å². The fourth-order valence-electron chi connectivity index (χ4n) is 2.96. The van der Waals surface area contributed by atoms with E-state index in [1.54, 1.807) is 31.7 Å². The zero-order valence-electron chi connectivity index (χ0n) is 16.8. The Hall–Kier alpha value is -2.45. The molecule has 162 valence electrons. The van der Waals surface area contributed by atoms with Gasteiger partial charge < -0.3 is 19.7 Å². The molecule has 0 aliphatic carbocycles. The lowest BCUT2D eigenvalue weighted by atomic mass is 9.93. The number of nitrogens with zero attached hydrogens (tertiary/aromatic N) is 1. The molecule has 1 N–H and O–H groups in total. The highest BCUT2D eigenvalue weighted by Gasteiger charge is 2.30. The summed E-state index contributed by atoms with van der Waals surface area (Å²) >= 11 is 0. The average molecular weight is 416 g/mol. The van der Waals surface area contributed by atoms with E-state index >= 15 is 0 Å². The summed E-state index contributed by atoms with van der Waals surface area (Å²) in [5.41, 5.74) is -0.358. The molecular weight excluding hydrogens is 389 g/mol. The van der Waals surface area contributed by atoms with Crippen molar-refractivity contribution in [1.29, 1.82) is 0 Å². The van der Waals surface area contributed by atoms with Crippen LogP contribution in [0, 0.1) is 5.92 Å². The summed E-state index contributed by atoms with van der Waals surface area (Å²) in [7, 11) is 0. The highest BCUT2D eigenvalue weighted by Crippen LogP contribution is 2.28. The topological polar surface area (TPSA) is 67.9 Å². The van der Waals surface area contributed by atoms with Gasteiger partial charge >= 0.3 is 12.3 Å². The fraction of sp³-hybridized carbons (Fsp3) is 0.600. The molecule has 0 aromatic heterocycles. The Kier molecular flexibility index (Phi) is 7.37. The van der Waals surface area contributed by atoms with E-state index in [4.69, 9.17) is 9.47 Å². The number of carbonyl (C=O) groups excluding carboxylic acids is 2. The predicted octanol–water partition coefficient (Wildman–Crippen LogP) is 4.60. The van der Waals surface area contributed by atoms with Gasteiger partial charge in [-0.2, -0.15) is 13.2 Å². The third kappa shape index (κ3) is 8.21. The van der Waals surface area contributed by atoms with Crippen molar-refractivity contribution < 1.29 is 32.2 Å². The number of anilines is 1. The van der Waals surface area contributed by atoms with Gasteiger partial charge in [-0.3, -0.25) is 4.79 Å². The molecule has 1 aromatic rings. The second-order valence-electron chi connectivity index (χ2n) is 8.06. The number of hydrogen-bond donors (Lipinski definition) is 1. The van der Waals surface area contributed by atoms with Crippen molar-refractivity contribution in [2.45, 2.75) is 51.8 Å². The molecule has 2 amide bonds. The third-order valence-corrected chi connectivity index (χ3v) is 4.29. The Bertz CT molecular complexity index is 708.